The number of ether oxygens (including phenoxy) is 1. The minimum Gasteiger partial charge on any atom is -0.383 e. The van der Waals surface area contributed by atoms with Gasteiger partial charge in [0.1, 0.15) is 10.6 Å². The van der Waals surface area contributed by atoms with E-state index in [0.717, 1.165) is 32.0 Å². The number of nitrogens with zero attached hydrogens (tertiary/aromatic N) is 3. The molecular formula is C22H22N4O2S2. The summed E-state index contributed by atoms with van der Waals surface area (Å²) in [6, 6.07) is 14.2. The third-order valence-electron chi connectivity index (χ3n) is 4.61. The Labute approximate surface area is 183 Å². The molecule has 0 atom stereocenters. The minimum atomic E-state index is -0.0736. The largest absolute Gasteiger partial charge is 0.383 e. The van der Waals surface area contributed by atoms with Crippen LogP contribution in [0.4, 0.5) is 5.82 Å². The van der Waals surface area contributed by atoms with Crippen molar-refractivity contribution in [1.82, 2.24) is 15.3 Å². The zero-order chi connectivity index (χ0) is 20.9. The van der Waals surface area contributed by atoms with E-state index in [0.29, 0.717) is 19.0 Å². The summed E-state index contributed by atoms with van der Waals surface area (Å²) in [5, 5.41) is 7.97. The predicted octanol–water partition coefficient (Wildman–Crippen LogP) is 4.29. The van der Waals surface area contributed by atoms with Gasteiger partial charge in [-0.05, 0) is 17.0 Å². The third kappa shape index (κ3) is 4.35. The van der Waals surface area contributed by atoms with Crippen LogP contribution in [0.15, 0.2) is 53.2 Å². The second-order valence-corrected chi connectivity index (χ2v) is 8.55. The summed E-state index contributed by atoms with van der Waals surface area (Å²) in [5.74, 6) is 1.36. The van der Waals surface area contributed by atoms with Gasteiger partial charge in [0.25, 0.3) is 0 Å². The number of hydrogen-bond donors (Lipinski definition) is 1. The number of nitrogens with one attached hydrogen (secondary N) is 1. The highest BCUT2D eigenvalue weighted by Gasteiger charge is 2.20. The number of amides is 1. The van der Waals surface area contributed by atoms with Gasteiger partial charge in [0.05, 0.1) is 23.4 Å². The number of benzene rings is 1. The number of fused-ring (bicyclic) bond motifs is 1. The number of likely N-dealkylation sites (N-methyl/N-ethyl adjacent to an activating group) is 1. The van der Waals surface area contributed by atoms with Crippen LogP contribution in [0.1, 0.15) is 0 Å². The Balaban J connectivity index is 1.76. The van der Waals surface area contributed by atoms with Crippen molar-refractivity contribution in [2.24, 2.45) is 0 Å². The topological polar surface area (TPSA) is 67.3 Å². The first-order valence-electron chi connectivity index (χ1n) is 9.52. The minimum absolute atomic E-state index is 0.0736. The van der Waals surface area contributed by atoms with Gasteiger partial charge >= 0.3 is 0 Å². The average Bonchev–Trinajstić information content (AvgIpc) is 3.44. The van der Waals surface area contributed by atoms with Crippen molar-refractivity contribution in [3.63, 3.8) is 0 Å². The van der Waals surface area contributed by atoms with Crippen LogP contribution >= 0.6 is 22.7 Å². The molecule has 154 valence electrons. The zero-order valence-electron chi connectivity index (χ0n) is 16.8. The van der Waals surface area contributed by atoms with E-state index in [9.17, 15) is 4.79 Å². The lowest BCUT2D eigenvalue weighted by atomic mass is 10.1. The number of aromatic nitrogens is 2. The molecule has 1 N–H and O–H groups in total. The molecule has 4 rings (SSSR count). The molecule has 1 amide bonds. The Morgan fingerprint density at radius 1 is 1.13 bits per heavy atom. The Hall–Kier alpha value is -2.81. The van der Waals surface area contributed by atoms with Crippen molar-refractivity contribution in [2.45, 2.75) is 0 Å². The van der Waals surface area contributed by atoms with Crippen LogP contribution in [0, 0.1) is 0 Å². The fourth-order valence-corrected chi connectivity index (χ4v) is 4.78. The first-order chi connectivity index (χ1) is 14.7. The van der Waals surface area contributed by atoms with Crippen molar-refractivity contribution in [1.29, 1.82) is 0 Å². The van der Waals surface area contributed by atoms with Crippen LogP contribution in [0.2, 0.25) is 0 Å². The normalized spacial score (nSPS) is 11.0. The zero-order valence-corrected chi connectivity index (χ0v) is 18.4. The van der Waals surface area contributed by atoms with Crippen LogP contribution in [0.25, 0.3) is 32.0 Å². The molecule has 6 nitrogen and oxygen atoms in total. The molecule has 0 spiro atoms. The molecule has 0 aliphatic heterocycles. The fourth-order valence-electron chi connectivity index (χ4n) is 3.18. The SMILES string of the molecule is COCCNC(=O)CN(C)c1nc(-c2cccs2)nc2scc(-c3ccccc3)c12. The van der Waals surface area contributed by atoms with Gasteiger partial charge in [-0.1, -0.05) is 36.4 Å². The van der Waals surface area contributed by atoms with Gasteiger partial charge < -0.3 is 15.0 Å². The van der Waals surface area contributed by atoms with Crippen molar-refractivity contribution in [2.75, 3.05) is 38.8 Å². The fraction of sp³-hybridized carbons (Fsp3) is 0.227. The van der Waals surface area contributed by atoms with E-state index in [-0.39, 0.29) is 12.5 Å². The number of hydrogen-bond acceptors (Lipinski definition) is 7. The van der Waals surface area contributed by atoms with E-state index in [2.05, 4.69) is 22.8 Å². The van der Waals surface area contributed by atoms with E-state index in [1.807, 2.05) is 47.7 Å². The second kappa shape index (κ2) is 9.34. The number of anilines is 1. The molecule has 0 aliphatic rings. The van der Waals surface area contributed by atoms with Crippen LogP contribution < -0.4 is 10.2 Å². The molecule has 4 aromatic rings. The maximum absolute atomic E-state index is 12.4. The number of carbonyl (C=O) groups excluding carboxylic acids is 1. The van der Waals surface area contributed by atoms with Crippen molar-refractivity contribution >= 4 is 44.6 Å². The molecule has 0 saturated heterocycles. The molecular weight excluding hydrogens is 416 g/mol. The van der Waals surface area contributed by atoms with Crippen LogP contribution in [-0.2, 0) is 9.53 Å². The molecule has 30 heavy (non-hydrogen) atoms. The quantitative estimate of drug-likeness (QED) is 0.416. The van der Waals surface area contributed by atoms with Crippen molar-refractivity contribution in [3.05, 3.63) is 53.2 Å². The summed E-state index contributed by atoms with van der Waals surface area (Å²) < 4.78 is 5.00. The average molecular weight is 439 g/mol. The van der Waals surface area contributed by atoms with Gasteiger partial charge in [0, 0.05) is 31.6 Å². The number of methoxy groups -OCH3 is 1. The summed E-state index contributed by atoms with van der Waals surface area (Å²) in [4.78, 5) is 25.9. The Morgan fingerprint density at radius 3 is 2.70 bits per heavy atom. The first-order valence-corrected chi connectivity index (χ1v) is 11.3. The summed E-state index contributed by atoms with van der Waals surface area (Å²) in [6.07, 6.45) is 0. The van der Waals surface area contributed by atoms with Crippen molar-refractivity contribution in [3.8, 4) is 21.8 Å². The third-order valence-corrected chi connectivity index (χ3v) is 6.35. The van der Waals surface area contributed by atoms with Crippen LogP contribution in [0.3, 0.4) is 0 Å². The van der Waals surface area contributed by atoms with E-state index in [1.165, 1.54) is 0 Å². The first kappa shape index (κ1) is 20.5. The van der Waals surface area contributed by atoms with E-state index in [1.54, 1.807) is 29.8 Å². The molecule has 3 aromatic heterocycles. The van der Waals surface area contributed by atoms with E-state index < -0.39 is 0 Å². The van der Waals surface area contributed by atoms with Gasteiger partial charge in [-0.3, -0.25) is 4.79 Å². The number of carbonyl (C=O) groups is 1. The molecule has 0 bridgehead atoms. The van der Waals surface area contributed by atoms with Gasteiger partial charge in [-0.15, -0.1) is 22.7 Å². The molecule has 8 heteroatoms. The summed E-state index contributed by atoms with van der Waals surface area (Å²) in [5.41, 5.74) is 2.19. The summed E-state index contributed by atoms with van der Waals surface area (Å²) in [7, 11) is 3.51. The number of rotatable bonds is 8. The Morgan fingerprint density at radius 2 is 1.97 bits per heavy atom. The molecule has 0 saturated carbocycles. The van der Waals surface area contributed by atoms with Gasteiger partial charge in [-0.25, -0.2) is 9.97 Å². The van der Waals surface area contributed by atoms with Crippen LogP contribution in [-0.4, -0.2) is 49.7 Å². The Kier molecular flexibility index (Phi) is 6.37. The maximum atomic E-state index is 12.4. The number of thiophene rings is 2. The lowest BCUT2D eigenvalue weighted by molar-refractivity contribution is -0.119. The standard InChI is InChI=1S/C22H22N4O2S2/c1-26(13-18(27)23-10-11-28-2)21-19-16(15-7-4-3-5-8-15)14-30-22(19)25-20(24-21)17-9-6-12-29-17/h3-9,12,14H,10-11,13H2,1-2H3,(H,23,27). The monoisotopic (exact) mass is 438 g/mol. The highest BCUT2D eigenvalue weighted by molar-refractivity contribution is 7.17. The highest BCUT2D eigenvalue weighted by atomic mass is 32.1. The molecule has 0 aliphatic carbocycles. The van der Waals surface area contributed by atoms with Crippen LogP contribution in [0.5, 0.6) is 0 Å². The lowest BCUT2D eigenvalue weighted by Gasteiger charge is -2.20. The van der Waals surface area contributed by atoms with Crippen molar-refractivity contribution < 1.29 is 9.53 Å². The highest BCUT2D eigenvalue weighted by Crippen LogP contribution is 2.39. The van der Waals surface area contributed by atoms with Gasteiger partial charge in [-0.2, -0.15) is 0 Å². The molecule has 1 aromatic carbocycles. The molecule has 3 heterocycles. The van der Waals surface area contributed by atoms with Gasteiger partial charge in [0.2, 0.25) is 5.91 Å². The van der Waals surface area contributed by atoms with Gasteiger partial charge in [0.15, 0.2) is 5.82 Å². The Bertz CT molecular complexity index is 1130. The summed E-state index contributed by atoms with van der Waals surface area (Å²) in [6.45, 7) is 1.17. The lowest BCUT2D eigenvalue weighted by Crippen LogP contribution is -2.37. The van der Waals surface area contributed by atoms with E-state index in [4.69, 9.17) is 14.7 Å². The summed E-state index contributed by atoms with van der Waals surface area (Å²) >= 11 is 3.20. The predicted molar refractivity (Wildman–Crippen MR) is 124 cm³/mol. The van der Waals surface area contributed by atoms with E-state index >= 15 is 0 Å². The molecule has 0 unspecified atom stereocenters. The smallest absolute Gasteiger partial charge is 0.239 e. The maximum Gasteiger partial charge on any atom is 0.239 e. The molecule has 0 radical (unpaired) electrons. The second-order valence-electron chi connectivity index (χ2n) is 6.74. The molecule has 0 fully saturated rings.